The number of ether oxygens (including phenoxy) is 2. The number of benzene rings is 5. The summed E-state index contributed by atoms with van der Waals surface area (Å²) in [6.07, 6.45) is 1.28. The van der Waals surface area contributed by atoms with E-state index in [1.165, 1.54) is 37.4 Å². The zero-order valence-electron chi connectivity index (χ0n) is 22.7. The topological polar surface area (TPSA) is 240 Å². The maximum Gasteiger partial charge on any atom is 0.308 e. The summed E-state index contributed by atoms with van der Waals surface area (Å²) in [4.78, 5) is 21.0. The van der Waals surface area contributed by atoms with Crippen LogP contribution in [0.5, 0.6) is 11.5 Å². The average molecular weight is 677 g/mol. The molecular weight excluding hydrogens is 656 g/mol. The fourth-order valence-electron chi connectivity index (χ4n) is 4.77. The third-order valence-corrected chi connectivity index (χ3v) is 9.16. The number of carbonyl (C=O) groups is 2. The van der Waals surface area contributed by atoms with Gasteiger partial charge in [0.1, 0.15) is 26.2 Å². The molecule has 45 heavy (non-hydrogen) atoms. The first-order valence-corrected chi connectivity index (χ1v) is 16.7. The van der Waals surface area contributed by atoms with Gasteiger partial charge in [-0.05, 0) is 42.0 Å². The van der Waals surface area contributed by atoms with Crippen molar-refractivity contribution in [2.75, 3.05) is 6.61 Å². The van der Waals surface area contributed by atoms with Gasteiger partial charge in [-0.25, -0.2) is 5.43 Å². The summed E-state index contributed by atoms with van der Waals surface area (Å²) in [5.74, 6) is -1.28. The number of rotatable bonds is 9. The van der Waals surface area contributed by atoms with Crippen LogP contribution in [0.1, 0.15) is 12.5 Å². The van der Waals surface area contributed by atoms with Crippen molar-refractivity contribution in [3.05, 3.63) is 66.2 Å². The molecule has 1 amide bonds. The van der Waals surface area contributed by atoms with E-state index in [2.05, 4.69) is 10.5 Å². The first-order valence-electron chi connectivity index (χ1n) is 12.4. The number of esters is 1. The summed E-state index contributed by atoms with van der Waals surface area (Å²) >= 11 is 0. The van der Waals surface area contributed by atoms with Gasteiger partial charge in [0.15, 0.2) is 6.61 Å². The number of nitrogens with zero attached hydrogens (tertiary/aromatic N) is 1. The first kappa shape index (κ1) is 31.7. The molecular formula is C27H20N2O13S3. The zero-order valence-corrected chi connectivity index (χ0v) is 25.1. The quantitative estimate of drug-likeness (QED) is 0.0439. The lowest BCUT2D eigenvalue weighted by Gasteiger charge is -2.18. The van der Waals surface area contributed by atoms with E-state index in [-0.39, 0.29) is 38.1 Å². The van der Waals surface area contributed by atoms with E-state index >= 15 is 0 Å². The molecule has 0 bridgehead atoms. The van der Waals surface area contributed by atoms with E-state index in [9.17, 15) is 48.5 Å². The van der Waals surface area contributed by atoms with Crippen molar-refractivity contribution in [2.45, 2.75) is 21.6 Å². The number of nitrogens with one attached hydrogen (secondary N) is 1. The predicted octanol–water partition coefficient (Wildman–Crippen LogP) is 2.78. The molecule has 0 unspecified atom stereocenters. The van der Waals surface area contributed by atoms with Gasteiger partial charge >= 0.3 is 5.97 Å². The SMILES string of the molecule is CC(=O)Oc1ccc(/C=N\NC(=O)COc2cc(S(=O)(=O)O)c3ccc4c(S(=O)(=O)O)cc(S(=O)(=O)O)c5ccc2c3c54)cc1. The summed E-state index contributed by atoms with van der Waals surface area (Å²) in [7, 11) is -15.1. The van der Waals surface area contributed by atoms with Crippen LogP contribution < -0.4 is 14.9 Å². The van der Waals surface area contributed by atoms with Crippen molar-refractivity contribution in [3.63, 3.8) is 0 Å². The van der Waals surface area contributed by atoms with Crippen molar-refractivity contribution in [2.24, 2.45) is 5.10 Å². The molecule has 15 nitrogen and oxygen atoms in total. The van der Waals surface area contributed by atoms with E-state index in [4.69, 9.17) is 9.47 Å². The molecule has 0 fully saturated rings. The Balaban J connectivity index is 1.57. The number of hydrazone groups is 1. The Labute approximate surface area is 254 Å². The molecule has 18 heteroatoms. The van der Waals surface area contributed by atoms with Crippen molar-refractivity contribution >= 4 is 80.8 Å². The Bertz CT molecular complexity index is 2340. The van der Waals surface area contributed by atoms with E-state index in [1.54, 1.807) is 12.1 Å². The minimum absolute atomic E-state index is 0.0634. The van der Waals surface area contributed by atoms with Crippen LogP contribution in [0.3, 0.4) is 0 Å². The van der Waals surface area contributed by atoms with Crippen LogP contribution in [0, 0.1) is 0 Å². The number of amides is 1. The normalized spacial score (nSPS) is 12.7. The molecule has 0 spiro atoms. The third-order valence-electron chi connectivity index (χ3n) is 6.48. The first-order chi connectivity index (χ1) is 20.9. The average Bonchev–Trinajstić information content (AvgIpc) is 2.93. The van der Waals surface area contributed by atoms with Gasteiger partial charge in [-0.1, -0.05) is 18.2 Å². The van der Waals surface area contributed by atoms with Crippen molar-refractivity contribution in [3.8, 4) is 11.5 Å². The minimum atomic E-state index is -5.08. The number of carbonyl (C=O) groups excluding carboxylic acids is 2. The van der Waals surface area contributed by atoms with E-state index < -0.39 is 63.5 Å². The fourth-order valence-corrected chi connectivity index (χ4v) is 6.98. The lowest BCUT2D eigenvalue weighted by atomic mass is 9.93. The Morgan fingerprint density at radius 1 is 0.733 bits per heavy atom. The minimum Gasteiger partial charge on any atom is -0.483 e. The van der Waals surface area contributed by atoms with Gasteiger partial charge in [0, 0.05) is 45.3 Å². The smallest absolute Gasteiger partial charge is 0.308 e. The highest BCUT2D eigenvalue weighted by molar-refractivity contribution is 7.87. The van der Waals surface area contributed by atoms with Crippen LogP contribution in [0.2, 0.25) is 0 Å². The lowest BCUT2D eigenvalue weighted by Crippen LogP contribution is -2.24. The fraction of sp³-hybridized carbons (Fsp3) is 0.0741. The summed E-state index contributed by atoms with van der Waals surface area (Å²) in [5, 5.41) is 2.90. The highest BCUT2D eigenvalue weighted by Crippen LogP contribution is 2.45. The summed E-state index contributed by atoms with van der Waals surface area (Å²) < 4.78 is 114. The van der Waals surface area contributed by atoms with Gasteiger partial charge in [-0.15, -0.1) is 0 Å². The second kappa shape index (κ2) is 11.3. The highest BCUT2D eigenvalue weighted by atomic mass is 32.2. The molecule has 0 atom stereocenters. The Morgan fingerprint density at radius 3 is 1.69 bits per heavy atom. The summed E-state index contributed by atoms with van der Waals surface area (Å²) in [6.45, 7) is 0.517. The molecule has 0 heterocycles. The van der Waals surface area contributed by atoms with Gasteiger partial charge in [-0.2, -0.15) is 30.4 Å². The molecule has 0 saturated heterocycles. The van der Waals surface area contributed by atoms with Gasteiger partial charge in [-0.3, -0.25) is 23.2 Å². The van der Waals surface area contributed by atoms with Crippen LogP contribution in [0.4, 0.5) is 0 Å². The standard InChI is InChI=1S/C27H20N2O13S3/c1-14(30)42-16-4-2-15(3-5-16)12-28-29-25(31)13-41-21-10-22(43(32,33)34)18-8-9-20-24(45(38,39)40)11-23(44(35,36)37)19-7-6-17(21)26(18)27(19)20/h2-12H,13H2,1H3,(H,29,31)(H,32,33,34)(H,35,36,37)(H,38,39,40)/b28-12-. The zero-order chi connectivity index (χ0) is 32.9. The van der Waals surface area contributed by atoms with Crippen molar-refractivity contribution in [1.82, 2.24) is 5.43 Å². The maximum absolute atomic E-state index is 12.5. The van der Waals surface area contributed by atoms with Crippen LogP contribution in [-0.4, -0.2) is 63.6 Å². The molecule has 0 saturated carbocycles. The Hall–Kier alpha value is -4.72. The molecule has 0 aromatic heterocycles. The third kappa shape index (κ3) is 6.41. The molecule has 4 N–H and O–H groups in total. The van der Waals surface area contributed by atoms with Crippen LogP contribution >= 0.6 is 0 Å². The van der Waals surface area contributed by atoms with Gasteiger partial charge in [0.05, 0.1) is 6.21 Å². The van der Waals surface area contributed by atoms with E-state index in [1.807, 2.05) is 0 Å². The van der Waals surface area contributed by atoms with Crippen molar-refractivity contribution in [1.29, 1.82) is 0 Å². The van der Waals surface area contributed by atoms with Gasteiger partial charge in [0.25, 0.3) is 36.3 Å². The molecule has 5 aromatic carbocycles. The molecule has 0 aliphatic heterocycles. The van der Waals surface area contributed by atoms with Gasteiger partial charge in [0.2, 0.25) is 0 Å². The maximum atomic E-state index is 12.5. The van der Waals surface area contributed by atoms with Crippen molar-refractivity contribution < 1.29 is 58.0 Å². The predicted molar refractivity (Wildman–Crippen MR) is 159 cm³/mol. The molecule has 5 aromatic rings. The Kier molecular flexibility index (Phi) is 7.98. The highest BCUT2D eigenvalue weighted by Gasteiger charge is 2.28. The second-order valence-electron chi connectivity index (χ2n) is 9.49. The molecule has 234 valence electrons. The number of hydrogen-bond donors (Lipinski definition) is 4. The van der Waals surface area contributed by atoms with Crippen LogP contribution in [0.15, 0.2) is 80.5 Å². The van der Waals surface area contributed by atoms with Gasteiger partial charge < -0.3 is 9.47 Å². The largest absolute Gasteiger partial charge is 0.483 e. The molecule has 5 rings (SSSR count). The summed E-state index contributed by atoms with van der Waals surface area (Å²) in [5.41, 5.74) is 2.74. The molecule has 0 aliphatic carbocycles. The Morgan fingerprint density at radius 2 is 1.20 bits per heavy atom. The van der Waals surface area contributed by atoms with E-state index in [0.717, 1.165) is 18.2 Å². The molecule has 0 radical (unpaired) electrons. The van der Waals surface area contributed by atoms with E-state index in [0.29, 0.717) is 17.4 Å². The molecule has 0 aliphatic rings. The van der Waals surface area contributed by atoms with Crippen LogP contribution in [0.25, 0.3) is 32.3 Å². The second-order valence-corrected chi connectivity index (χ2v) is 13.7. The monoisotopic (exact) mass is 676 g/mol. The lowest BCUT2D eigenvalue weighted by molar-refractivity contribution is -0.131. The summed E-state index contributed by atoms with van der Waals surface area (Å²) in [6, 6.07) is 12.3. The van der Waals surface area contributed by atoms with Crippen LogP contribution in [-0.2, 0) is 39.9 Å². The number of hydrogen-bond acceptors (Lipinski definition) is 11.